The molecule has 1 amide bonds. The van der Waals surface area contributed by atoms with Crippen LogP contribution in [0.5, 0.6) is 0 Å². The molecule has 1 unspecified atom stereocenters. The molecule has 0 radical (unpaired) electrons. The van der Waals surface area contributed by atoms with Gasteiger partial charge in [0.25, 0.3) is 5.91 Å². The minimum Gasteiger partial charge on any atom is -0.465 e. The van der Waals surface area contributed by atoms with Crippen molar-refractivity contribution in [3.8, 4) is 11.4 Å². The third-order valence-corrected chi connectivity index (χ3v) is 5.00. The molecule has 158 valence electrons. The van der Waals surface area contributed by atoms with Crippen LogP contribution < -0.4 is 5.32 Å². The molecule has 3 aromatic heterocycles. The molecule has 0 aliphatic rings. The lowest BCUT2D eigenvalue weighted by atomic mass is 10.2. The maximum Gasteiger partial charge on any atom is 0.270 e. The first-order valence-corrected chi connectivity index (χ1v) is 10.1. The van der Waals surface area contributed by atoms with E-state index in [0.717, 1.165) is 16.5 Å². The zero-order valence-electron chi connectivity index (χ0n) is 17.2. The highest BCUT2D eigenvalue weighted by molar-refractivity contribution is 6.18. The molecule has 0 saturated carbocycles. The largest absolute Gasteiger partial charge is 0.465 e. The van der Waals surface area contributed by atoms with Crippen LogP contribution >= 0.6 is 0 Å². The highest BCUT2D eigenvalue weighted by Gasteiger charge is 2.22. The molecule has 0 bridgehead atoms. The fourth-order valence-corrected chi connectivity index (χ4v) is 3.41. The summed E-state index contributed by atoms with van der Waals surface area (Å²) in [6.07, 6.45) is 3.14. The van der Waals surface area contributed by atoms with E-state index in [9.17, 15) is 4.79 Å². The number of fused-ring (bicyclic) bond motifs is 1. The zero-order valence-corrected chi connectivity index (χ0v) is 17.2. The SMILES string of the molecule is CC(NC(=O)/C(=C/c1ccco1)n1nnnc1-c1ccccc1)c1cc2ccccc2o1. The van der Waals surface area contributed by atoms with Crippen LogP contribution in [-0.2, 0) is 4.79 Å². The highest BCUT2D eigenvalue weighted by atomic mass is 16.3. The van der Waals surface area contributed by atoms with E-state index < -0.39 is 0 Å². The van der Waals surface area contributed by atoms with Crippen LogP contribution in [0.4, 0.5) is 0 Å². The van der Waals surface area contributed by atoms with E-state index in [4.69, 9.17) is 8.83 Å². The number of rotatable bonds is 6. The van der Waals surface area contributed by atoms with Gasteiger partial charge in [0.15, 0.2) is 5.82 Å². The number of carbonyl (C=O) groups excluding carboxylic acids is 1. The number of hydrogen-bond donors (Lipinski definition) is 1. The highest BCUT2D eigenvalue weighted by Crippen LogP contribution is 2.25. The number of tetrazole rings is 1. The topological polar surface area (TPSA) is 99.0 Å². The fourth-order valence-electron chi connectivity index (χ4n) is 3.41. The Morgan fingerprint density at radius 3 is 2.66 bits per heavy atom. The number of benzene rings is 2. The van der Waals surface area contributed by atoms with E-state index in [1.165, 1.54) is 10.9 Å². The predicted octanol–water partition coefficient (Wildman–Crippen LogP) is 4.55. The van der Waals surface area contributed by atoms with Crippen molar-refractivity contribution < 1.29 is 13.6 Å². The quantitative estimate of drug-likeness (QED) is 0.401. The van der Waals surface area contributed by atoms with Crippen molar-refractivity contribution in [1.82, 2.24) is 25.5 Å². The van der Waals surface area contributed by atoms with E-state index in [0.29, 0.717) is 17.3 Å². The molecule has 5 aromatic rings. The second kappa shape index (κ2) is 8.35. The summed E-state index contributed by atoms with van der Waals surface area (Å²) in [6.45, 7) is 1.86. The van der Waals surface area contributed by atoms with Crippen molar-refractivity contribution in [3.05, 3.63) is 90.6 Å². The Kier molecular flexibility index (Phi) is 5.09. The van der Waals surface area contributed by atoms with Gasteiger partial charge in [-0.15, -0.1) is 5.10 Å². The van der Waals surface area contributed by atoms with Gasteiger partial charge in [-0.2, -0.15) is 4.68 Å². The van der Waals surface area contributed by atoms with Gasteiger partial charge in [0.1, 0.15) is 22.8 Å². The molecule has 5 rings (SSSR count). The molecule has 3 heterocycles. The van der Waals surface area contributed by atoms with Crippen molar-refractivity contribution in [2.45, 2.75) is 13.0 Å². The first-order valence-electron chi connectivity index (χ1n) is 10.1. The van der Waals surface area contributed by atoms with Crippen LogP contribution in [-0.4, -0.2) is 26.1 Å². The monoisotopic (exact) mass is 425 g/mol. The number of furan rings is 2. The molecular formula is C24H19N5O3. The molecule has 8 nitrogen and oxygen atoms in total. The Morgan fingerprint density at radius 2 is 1.88 bits per heavy atom. The summed E-state index contributed by atoms with van der Waals surface area (Å²) >= 11 is 0. The maximum absolute atomic E-state index is 13.4. The number of carbonyl (C=O) groups is 1. The van der Waals surface area contributed by atoms with E-state index in [2.05, 4.69) is 20.8 Å². The minimum atomic E-state index is -0.383. The third-order valence-electron chi connectivity index (χ3n) is 5.00. The number of nitrogens with zero attached hydrogens (tertiary/aromatic N) is 4. The van der Waals surface area contributed by atoms with Gasteiger partial charge in [-0.1, -0.05) is 48.5 Å². The second-order valence-corrected chi connectivity index (χ2v) is 7.21. The number of aromatic nitrogens is 4. The van der Waals surface area contributed by atoms with E-state index >= 15 is 0 Å². The van der Waals surface area contributed by atoms with Crippen molar-refractivity contribution in [3.63, 3.8) is 0 Å². The smallest absolute Gasteiger partial charge is 0.270 e. The molecule has 0 saturated heterocycles. The molecule has 1 N–H and O–H groups in total. The Hall–Kier alpha value is -4.46. The maximum atomic E-state index is 13.4. The number of hydrogen-bond acceptors (Lipinski definition) is 6. The molecule has 0 aliphatic carbocycles. The second-order valence-electron chi connectivity index (χ2n) is 7.21. The third kappa shape index (κ3) is 3.81. The summed E-state index contributed by atoms with van der Waals surface area (Å²) < 4.78 is 12.7. The van der Waals surface area contributed by atoms with E-state index in [1.807, 2.05) is 67.6 Å². The van der Waals surface area contributed by atoms with Crippen LogP contribution in [0, 0.1) is 0 Å². The van der Waals surface area contributed by atoms with Crippen molar-refractivity contribution in [1.29, 1.82) is 0 Å². The average molecular weight is 425 g/mol. The Morgan fingerprint density at radius 1 is 1.06 bits per heavy atom. The summed E-state index contributed by atoms with van der Waals surface area (Å²) in [5, 5.41) is 15.9. The Balaban J connectivity index is 1.49. The predicted molar refractivity (Wildman–Crippen MR) is 119 cm³/mol. The Labute approximate surface area is 183 Å². The van der Waals surface area contributed by atoms with Crippen molar-refractivity contribution in [2.75, 3.05) is 0 Å². The molecule has 0 fully saturated rings. The average Bonchev–Trinajstić information content (AvgIpc) is 3.58. The van der Waals surface area contributed by atoms with Crippen LogP contribution in [0.1, 0.15) is 24.5 Å². The summed E-state index contributed by atoms with van der Waals surface area (Å²) in [5.74, 6) is 1.21. The fraction of sp³-hybridized carbons (Fsp3) is 0.0833. The number of amides is 1. The lowest BCUT2D eigenvalue weighted by molar-refractivity contribution is -0.116. The molecule has 0 spiro atoms. The van der Waals surface area contributed by atoms with Gasteiger partial charge in [-0.3, -0.25) is 4.79 Å². The Bertz CT molecular complexity index is 1350. The van der Waals surface area contributed by atoms with Crippen molar-refractivity contribution >= 4 is 28.6 Å². The summed E-state index contributed by atoms with van der Waals surface area (Å²) in [5.41, 5.74) is 1.76. The first kappa shape index (κ1) is 19.5. The van der Waals surface area contributed by atoms with Crippen LogP contribution in [0.15, 0.2) is 87.9 Å². The zero-order chi connectivity index (χ0) is 21.9. The lowest BCUT2D eigenvalue weighted by Gasteiger charge is -2.14. The molecule has 0 aliphatic heterocycles. The van der Waals surface area contributed by atoms with Crippen LogP contribution in [0.2, 0.25) is 0 Å². The summed E-state index contributed by atoms with van der Waals surface area (Å²) in [6, 6.07) is 22.2. The molecule has 8 heteroatoms. The summed E-state index contributed by atoms with van der Waals surface area (Å²) in [7, 11) is 0. The van der Waals surface area contributed by atoms with Crippen LogP contribution in [0.25, 0.3) is 34.1 Å². The van der Waals surface area contributed by atoms with E-state index in [-0.39, 0.29) is 17.6 Å². The van der Waals surface area contributed by atoms with Gasteiger partial charge in [-0.05, 0) is 41.6 Å². The standard InChI is InChI=1S/C24H19N5O3/c1-16(22-14-18-10-5-6-12-21(18)32-22)25-24(30)20(15-19-11-7-13-31-19)29-23(26-27-28-29)17-8-3-2-4-9-17/h2-16H,1H3,(H,25,30)/b20-15-. The normalized spacial score (nSPS) is 12.7. The lowest BCUT2D eigenvalue weighted by Crippen LogP contribution is -2.29. The minimum absolute atomic E-state index is 0.215. The van der Waals surface area contributed by atoms with Crippen molar-refractivity contribution in [2.24, 2.45) is 0 Å². The van der Waals surface area contributed by atoms with Gasteiger partial charge in [0, 0.05) is 17.0 Å². The number of nitrogens with one attached hydrogen (secondary N) is 1. The first-order chi connectivity index (χ1) is 15.7. The molecule has 32 heavy (non-hydrogen) atoms. The molecule has 1 atom stereocenters. The van der Waals surface area contributed by atoms with Gasteiger partial charge in [0.2, 0.25) is 0 Å². The number of para-hydroxylation sites is 1. The summed E-state index contributed by atoms with van der Waals surface area (Å²) in [4.78, 5) is 13.4. The van der Waals surface area contributed by atoms with E-state index in [1.54, 1.807) is 18.2 Å². The van der Waals surface area contributed by atoms with Gasteiger partial charge in [-0.25, -0.2) is 0 Å². The van der Waals surface area contributed by atoms with Gasteiger partial charge in [0.05, 0.1) is 12.3 Å². The molecular weight excluding hydrogens is 406 g/mol. The van der Waals surface area contributed by atoms with Gasteiger partial charge < -0.3 is 14.2 Å². The molecule has 2 aromatic carbocycles. The van der Waals surface area contributed by atoms with Crippen LogP contribution in [0.3, 0.4) is 0 Å². The van der Waals surface area contributed by atoms with Gasteiger partial charge >= 0.3 is 0 Å².